The number of nitrogens with zero attached hydrogens (tertiary/aromatic N) is 2. The lowest BCUT2D eigenvalue weighted by molar-refractivity contribution is 1.57. The average Bonchev–Trinajstić information content (AvgIpc) is 1.39. The van der Waals surface area contributed by atoms with Crippen molar-refractivity contribution in [1.29, 1.82) is 5.26 Å². The standard InChI is InChI=1S/CHNS.HNO2/c2*2-1-3/h3H;(H,2,3)/p-2. The van der Waals surface area contributed by atoms with Gasteiger partial charge in [0, 0.05) is 0 Å². The molecule has 6 heavy (non-hydrogen) atoms. The molecule has 0 aromatic heterocycles. The van der Waals surface area contributed by atoms with Gasteiger partial charge < -0.3 is 22.7 Å². The highest BCUT2D eigenvalue weighted by Gasteiger charge is 0.959. The Labute approximate surface area is 39.7 Å². The Kier molecular flexibility index (Phi) is 48.0. The summed E-state index contributed by atoms with van der Waals surface area (Å²) in [6.45, 7) is 0. The first-order valence-corrected chi connectivity index (χ1v) is 1.20. The highest BCUT2D eigenvalue weighted by atomic mass is 32.1. The number of hydrogen-bond acceptors (Lipinski definition) is 5. The van der Waals surface area contributed by atoms with Gasteiger partial charge in [-0.1, -0.05) is 5.40 Å². The molecule has 5 heteroatoms. The third-order valence-electron chi connectivity index (χ3n) is 0. The van der Waals surface area contributed by atoms with Gasteiger partial charge in [0.1, 0.15) is 0 Å². The van der Waals surface area contributed by atoms with E-state index in [1.54, 1.807) is 0 Å². The first-order chi connectivity index (χ1) is 2.83. The van der Waals surface area contributed by atoms with E-state index in [-0.39, 0.29) is 0 Å². The van der Waals surface area contributed by atoms with Gasteiger partial charge in [0.05, 0.1) is 0 Å². The lowest BCUT2D eigenvalue weighted by Gasteiger charge is -1.53. The fourth-order valence-electron chi connectivity index (χ4n) is 0. The Bertz CT molecular complexity index is 57.1. The fourth-order valence-corrected chi connectivity index (χ4v) is 0. The molecule has 0 aliphatic rings. The predicted octanol–water partition coefficient (Wildman–Crippen LogP) is 0.265. The molecule has 0 rings (SSSR count). The van der Waals surface area contributed by atoms with Crippen LogP contribution in [0.5, 0.6) is 0 Å². The molecule has 0 amide bonds. The van der Waals surface area contributed by atoms with Crippen LogP contribution in [0.3, 0.4) is 0 Å². The third kappa shape index (κ3) is 17.5. The second-order valence-corrected chi connectivity index (χ2v) is 0.348. The maximum Gasteiger partial charge on any atom is -0.0797 e. The molecule has 0 bridgehead atoms. The maximum absolute atomic E-state index is 8.00. The summed E-state index contributed by atoms with van der Waals surface area (Å²) in [5, 5.41) is 17.5. The lowest BCUT2D eigenvalue weighted by atomic mass is 11.8. The van der Waals surface area contributed by atoms with E-state index < -0.39 is 0 Å². The molecular formula is CN2O2S-2. The van der Waals surface area contributed by atoms with E-state index in [9.17, 15) is 0 Å². The highest BCUT2D eigenvalue weighted by molar-refractivity contribution is 7.64. The van der Waals surface area contributed by atoms with Crippen LogP contribution in [0.1, 0.15) is 0 Å². The minimum Gasteiger partial charge on any atom is -0.696 e. The molecule has 0 spiro atoms. The molecule has 0 fully saturated rings. The van der Waals surface area contributed by atoms with Crippen molar-refractivity contribution in [2.24, 2.45) is 5.34 Å². The average molecular weight is 104 g/mol. The first-order valence-electron chi connectivity index (χ1n) is 0.793. The molecule has 0 radical (unpaired) electrons. The number of nitriles is 1. The largest absolute Gasteiger partial charge is 0.696 e. The summed E-state index contributed by atoms with van der Waals surface area (Å²) in [6.07, 6.45) is 0. The van der Waals surface area contributed by atoms with E-state index in [2.05, 4.69) is 12.6 Å². The minimum atomic E-state index is 1.00. The monoisotopic (exact) mass is 104 g/mol. The van der Waals surface area contributed by atoms with Gasteiger partial charge in [0.15, 0.2) is 0 Å². The molecule has 0 aromatic rings. The third-order valence-corrected chi connectivity index (χ3v) is 0. The molecule has 0 unspecified atom stereocenters. The zero-order valence-electron chi connectivity index (χ0n) is 2.62. The van der Waals surface area contributed by atoms with Crippen molar-refractivity contribution in [3.05, 3.63) is 10.1 Å². The zero-order chi connectivity index (χ0) is 5.41. The van der Waals surface area contributed by atoms with Crippen LogP contribution in [0.25, 0.3) is 0 Å². The van der Waals surface area contributed by atoms with Crippen LogP contribution in [-0.4, -0.2) is 0 Å². The number of hydrogen-bond donors (Lipinski definition) is 0. The number of rotatable bonds is 0. The summed E-state index contributed by atoms with van der Waals surface area (Å²) < 4.78 is 0. The molecule has 0 atom stereocenters. The van der Waals surface area contributed by atoms with E-state index >= 15 is 0 Å². The van der Waals surface area contributed by atoms with Crippen molar-refractivity contribution in [3.63, 3.8) is 0 Å². The van der Waals surface area contributed by atoms with Gasteiger partial charge in [-0.05, 0) is 0 Å². The van der Waals surface area contributed by atoms with E-state index in [1.807, 2.05) is 0 Å². The Hall–Kier alpha value is -0.890. The molecule has 0 saturated heterocycles. The Morgan fingerprint density at radius 2 is 2.00 bits per heavy atom. The normalized spacial score (nSPS) is 3.17. The van der Waals surface area contributed by atoms with Gasteiger partial charge in [-0.15, -0.1) is 5.34 Å². The molecule has 4 nitrogen and oxygen atoms in total. The fraction of sp³-hybridized carbons (Fsp3) is 0. The van der Waals surface area contributed by atoms with Crippen molar-refractivity contribution in [2.45, 2.75) is 0 Å². The van der Waals surface area contributed by atoms with Gasteiger partial charge in [-0.3, -0.25) is 0 Å². The molecule has 0 aliphatic carbocycles. The summed E-state index contributed by atoms with van der Waals surface area (Å²) in [5.41, 5.74) is 0. The van der Waals surface area contributed by atoms with Crippen LogP contribution in [0.4, 0.5) is 0 Å². The molecule has 0 aliphatic heterocycles. The SMILES string of the molecule is N#C[S-].O=N[O-]. The summed E-state index contributed by atoms with van der Waals surface area (Å²) in [7, 11) is 0. The minimum absolute atomic E-state index is 1.00. The van der Waals surface area contributed by atoms with E-state index in [0.29, 0.717) is 0 Å². The molecule has 0 saturated carbocycles. The van der Waals surface area contributed by atoms with Gasteiger partial charge in [-0.25, -0.2) is 5.26 Å². The van der Waals surface area contributed by atoms with Crippen LogP contribution in [0.2, 0.25) is 0 Å². The molecule has 0 aromatic carbocycles. The Balaban J connectivity index is 0. The van der Waals surface area contributed by atoms with Crippen molar-refractivity contribution < 1.29 is 0 Å². The molecule has 34 valence electrons. The van der Waals surface area contributed by atoms with E-state index in [0.717, 1.165) is 5.34 Å². The smallest absolute Gasteiger partial charge is 0.0797 e. The highest BCUT2D eigenvalue weighted by Crippen LogP contribution is 1.34. The van der Waals surface area contributed by atoms with Crippen LogP contribution < -0.4 is 0 Å². The molecule has 0 heterocycles. The predicted molar refractivity (Wildman–Crippen MR) is 22.1 cm³/mol. The van der Waals surface area contributed by atoms with Crippen LogP contribution >= 0.6 is 0 Å². The first kappa shape index (κ1) is 8.92. The van der Waals surface area contributed by atoms with Crippen LogP contribution in [0, 0.1) is 20.8 Å². The zero-order valence-corrected chi connectivity index (χ0v) is 3.44. The van der Waals surface area contributed by atoms with Gasteiger partial charge in [-0.2, -0.15) is 0 Å². The van der Waals surface area contributed by atoms with Crippen molar-refractivity contribution in [2.75, 3.05) is 0 Å². The summed E-state index contributed by atoms with van der Waals surface area (Å²) in [6, 6.07) is 0. The number of thiocyanates is 1. The molecular weight excluding hydrogens is 104 g/mol. The van der Waals surface area contributed by atoms with E-state index in [1.165, 1.54) is 5.40 Å². The molecule has 0 N–H and O–H groups in total. The Morgan fingerprint density at radius 1 is 2.00 bits per heavy atom. The topological polar surface area (TPSA) is 76.3 Å². The summed E-state index contributed by atoms with van der Waals surface area (Å²) >= 11 is 3.70. The van der Waals surface area contributed by atoms with Crippen LogP contribution in [-0.2, 0) is 12.6 Å². The second kappa shape index (κ2) is 32.3. The quantitative estimate of drug-likeness (QED) is 0.191. The van der Waals surface area contributed by atoms with Gasteiger partial charge in [0.25, 0.3) is 0 Å². The van der Waals surface area contributed by atoms with Crippen LogP contribution in [0.15, 0.2) is 5.34 Å². The van der Waals surface area contributed by atoms with Crippen molar-refractivity contribution >= 4 is 12.6 Å². The van der Waals surface area contributed by atoms with Gasteiger partial charge >= 0.3 is 0 Å². The summed E-state index contributed by atoms with van der Waals surface area (Å²) in [4.78, 5) is 8.00. The van der Waals surface area contributed by atoms with Gasteiger partial charge in [0.2, 0.25) is 0 Å². The van der Waals surface area contributed by atoms with Crippen molar-refractivity contribution in [3.8, 4) is 5.40 Å². The summed E-state index contributed by atoms with van der Waals surface area (Å²) in [5.74, 6) is 0. The lowest BCUT2D eigenvalue weighted by Crippen LogP contribution is -1.15. The van der Waals surface area contributed by atoms with E-state index in [4.69, 9.17) is 15.4 Å². The Morgan fingerprint density at radius 3 is 2.00 bits per heavy atom. The van der Waals surface area contributed by atoms with Crippen molar-refractivity contribution in [1.82, 2.24) is 0 Å². The maximum atomic E-state index is 8.00. The second-order valence-electron chi connectivity index (χ2n) is 0.166.